The Bertz CT molecular complexity index is 644. The first-order valence-corrected chi connectivity index (χ1v) is 7.28. The highest BCUT2D eigenvalue weighted by atomic mass is 32.2. The molecule has 1 heterocycles. The van der Waals surface area contributed by atoms with E-state index in [1.807, 2.05) is 12.1 Å². The standard InChI is InChI=1S/C14H15N3O5S/c1-19-10-6-4-9(5-7-10)8-22-14(18)23-13-16-11(20-2)15-12(17-13)21-3/h4-7H,8H2,1-3H3. The van der Waals surface area contributed by atoms with Crippen LogP contribution in [0.3, 0.4) is 0 Å². The van der Waals surface area contributed by atoms with E-state index in [0.29, 0.717) is 0 Å². The van der Waals surface area contributed by atoms with E-state index in [9.17, 15) is 4.79 Å². The Morgan fingerprint density at radius 3 is 2.09 bits per heavy atom. The van der Waals surface area contributed by atoms with E-state index in [0.717, 1.165) is 23.1 Å². The number of nitrogens with zero attached hydrogens (tertiary/aromatic N) is 3. The summed E-state index contributed by atoms with van der Waals surface area (Å²) in [5.74, 6) is 0.735. The molecule has 2 aromatic rings. The fourth-order valence-electron chi connectivity index (χ4n) is 1.52. The van der Waals surface area contributed by atoms with Crippen molar-refractivity contribution in [2.24, 2.45) is 0 Å². The van der Waals surface area contributed by atoms with Crippen LogP contribution in [0.1, 0.15) is 5.56 Å². The number of benzene rings is 1. The predicted octanol–water partition coefficient (Wildman–Crippen LogP) is 2.33. The summed E-state index contributed by atoms with van der Waals surface area (Å²) in [6.45, 7) is 0.134. The minimum atomic E-state index is -0.545. The van der Waals surface area contributed by atoms with Crippen LogP contribution in [0.4, 0.5) is 4.79 Å². The number of aromatic nitrogens is 3. The lowest BCUT2D eigenvalue weighted by atomic mass is 10.2. The van der Waals surface area contributed by atoms with Gasteiger partial charge < -0.3 is 18.9 Å². The highest BCUT2D eigenvalue weighted by molar-refractivity contribution is 8.13. The molecule has 0 amide bonds. The minimum absolute atomic E-state index is 0.0577. The summed E-state index contributed by atoms with van der Waals surface area (Å²) in [4.78, 5) is 23.6. The zero-order valence-electron chi connectivity index (χ0n) is 12.8. The topological polar surface area (TPSA) is 92.7 Å². The van der Waals surface area contributed by atoms with Crippen molar-refractivity contribution in [1.82, 2.24) is 15.0 Å². The van der Waals surface area contributed by atoms with E-state index < -0.39 is 5.30 Å². The highest BCUT2D eigenvalue weighted by Crippen LogP contribution is 2.21. The molecule has 2 rings (SSSR count). The smallest absolute Gasteiger partial charge is 0.375 e. The Hall–Kier alpha value is -2.55. The van der Waals surface area contributed by atoms with Gasteiger partial charge in [0.25, 0.3) is 0 Å². The number of methoxy groups -OCH3 is 3. The zero-order valence-corrected chi connectivity index (χ0v) is 13.6. The molecule has 0 unspecified atom stereocenters. The van der Waals surface area contributed by atoms with Gasteiger partial charge in [0.1, 0.15) is 12.4 Å². The number of carbonyl (C=O) groups is 1. The molecule has 0 saturated heterocycles. The van der Waals surface area contributed by atoms with Crippen LogP contribution >= 0.6 is 11.8 Å². The van der Waals surface area contributed by atoms with Crippen molar-refractivity contribution >= 4 is 17.1 Å². The lowest BCUT2D eigenvalue weighted by Gasteiger charge is -2.06. The van der Waals surface area contributed by atoms with Crippen LogP contribution in [0.15, 0.2) is 29.4 Å². The fraction of sp³-hybridized carbons (Fsp3) is 0.286. The van der Waals surface area contributed by atoms with Gasteiger partial charge in [-0.1, -0.05) is 12.1 Å². The quantitative estimate of drug-likeness (QED) is 0.581. The molecule has 122 valence electrons. The third-order valence-corrected chi connectivity index (χ3v) is 3.28. The van der Waals surface area contributed by atoms with Crippen molar-refractivity contribution in [2.75, 3.05) is 21.3 Å². The summed E-state index contributed by atoms with van der Waals surface area (Å²) < 4.78 is 20.0. The number of rotatable bonds is 6. The maximum atomic E-state index is 11.8. The number of thioether (sulfide) groups is 1. The van der Waals surface area contributed by atoms with Crippen LogP contribution < -0.4 is 14.2 Å². The Morgan fingerprint density at radius 1 is 0.957 bits per heavy atom. The number of hydrogen-bond donors (Lipinski definition) is 0. The molecule has 0 N–H and O–H groups in total. The Morgan fingerprint density at radius 2 is 1.57 bits per heavy atom. The summed E-state index contributed by atoms with van der Waals surface area (Å²) in [6.07, 6.45) is 0. The fourth-order valence-corrected chi connectivity index (χ4v) is 2.03. The van der Waals surface area contributed by atoms with E-state index in [1.54, 1.807) is 19.2 Å². The number of carbonyl (C=O) groups excluding carboxylic acids is 1. The highest BCUT2D eigenvalue weighted by Gasteiger charge is 2.13. The molecule has 9 heteroatoms. The van der Waals surface area contributed by atoms with Gasteiger partial charge in [-0.2, -0.15) is 9.97 Å². The third kappa shape index (κ3) is 4.99. The molecule has 0 aliphatic heterocycles. The average molecular weight is 337 g/mol. The van der Waals surface area contributed by atoms with Gasteiger partial charge in [-0.15, -0.1) is 4.98 Å². The summed E-state index contributed by atoms with van der Waals surface area (Å²) in [5, 5.41) is -0.412. The van der Waals surface area contributed by atoms with Crippen molar-refractivity contribution < 1.29 is 23.7 Å². The molecule has 23 heavy (non-hydrogen) atoms. The maximum Gasteiger partial charge on any atom is 0.375 e. The Kier molecular flexibility index (Phi) is 5.98. The van der Waals surface area contributed by atoms with Crippen molar-refractivity contribution in [2.45, 2.75) is 11.8 Å². The molecule has 1 aromatic carbocycles. The average Bonchev–Trinajstić information content (AvgIpc) is 2.60. The Balaban J connectivity index is 1.93. The van der Waals surface area contributed by atoms with Crippen molar-refractivity contribution in [3.8, 4) is 17.8 Å². The van der Waals surface area contributed by atoms with Crippen LogP contribution in [0, 0.1) is 0 Å². The lowest BCUT2D eigenvalue weighted by molar-refractivity contribution is 0.168. The van der Waals surface area contributed by atoms with E-state index in [-0.39, 0.29) is 23.8 Å². The van der Waals surface area contributed by atoms with Gasteiger partial charge >= 0.3 is 17.3 Å². The molecular weight excluding hydrogens is 322 g/mol. The SMILES string of the molecule is COc1ccc(COC(=O)Sc2nc(OC)nc(OC)n2)cc1. The Labute approximate surface area is 137 Å². The second-order valence-corrected chi connectivity index (χ2v) is 4.98. The van der Waals surface area contributed by atoms with Crippen molar-refractivity contribution in [3.05, 3.63) is 29.8 Å². The first kappa shape index (κ1) is 16.8. The van der Waals surface area contributed by atoms with Crippen LogP contribution in [0.2, 0.25) is 0 Å². The molecule has 0 aliphatic rings. The van der Waals surface area contributed by atoms with E-state index in [1.165, 1.54) is 14.2 Å². The predicted molar refractivity (Wildman–Crippen MR) is 82.0 cm³/mol. The maximum absolute atomic E-state index is 11.8. The minimum Gasteiger partial charge on any atom is -0.497 e. The molecule has 0 atom stereocenters. The van der Waals surface area contributed by atoms with Gasteiger partial charge in [-0.3, -0.25) is 0 Å². The van der Waals surface area contributed by atoms with Crippen LogP contribution in [0.5, 0.6) is 17.8 Å². The largest absolute Gasteiger partial charge is 0.497 e. The summed E-state index contributed by atoms with van der Waals surface area (Å²) >= 11 is 0.722. The molecular formula is C14H15N3O5S. The van der Waals surface area contributed by atoms with Gasteiger partial charge in [0.15, 0.2) is 0 Å². The molecule has 0 spiro atoms. The van der Waals surface area contributed by atoms with Crippen molar-refractivity contribution in [1.29, 1.82) is 0 Å². The molecule has 0 fully saturated rings. The van der Waals surface area contributed by atoms with Crippen LogP contribution in [-0.4, -0.2) is 41.6 Å². The van der Waals surface area contributed by atoms with E-state index in [2.05, 4.69) is 15.0 Å². The zero-order chi connectivity index (χ0) is 16.7. The molecule has 0 radical (unpaired) electrons. The lowest BCUT2D eigenvalue weighted by Crippen LogP contribution is -2.03. The summed E-state index contributed by atoms with van der Waals surface area (Å²) in [5.41, 5.74) is 0.838. The van der Waals surface area contributed by atoms with Crippen molar-refractivity contribution in [3.63, 3.8) is 0 Å². The van der Waals surface area contributed by atoms with Crippen LogP contribution in [0.25, 0.3) is 0 Å². The molecule has 1 aromatic heterocycles. The number of ether oxygens (including phenoxy) is 4. The van der Waals surface area contributed by atoms with Crippen LogP contribution in [-0.2, 0) is 11.3 Å². The second kappa shape index (κ2) is 8.18. The first-order valence-electron chi connectivity index (χ1n) is 6.46. The number of hydrogen-bond acceptors (Lipinski definition) is 9. The summed E-state index contributed by atoms with van der Waals surface area (Å²) in [6, 6.07) is 7.32. The van der Waals surface area contributed by atoms with Gasteiger partial charge in [0, 0.05) is 11.8 Å². The second-order valence-electron chi connectivity index (χ2n) is 4.08. The van der Waals surface area contributed by atoms with E-state index in [4.69, 9.17) is 18.9 Å². The molecule has 0 aliphatic carbocycles. The molecule has 0 saturated carbocycles. The molecule has 0 bridgehead atoms. The third-order valence-electron chi connectivity index (χ3n) is 2.63. The van der Waals surface area contributed by atoms with Gasteiger partial charge in [-0.05, 0) is 17.7 Å². The summed E-state index contributed by atoms with van der Waals surface area (Å²) in [7, 11) is 4.40. The monoisotopic (exact) mass is 337 g/mol. The first-order chi connectivity index (χ1) is 11.1. The normalized spacial score (nSPS) is 10.0. The molecule has 8 nitrogen and oxygen atoms in total. The van der Waals surface area contributed by atoms with Gasteiger partial charge in [-0.25, -0.2) is 4.79 Å². The van der Waals surface area contributed by atoms with Gasteiger partial charge in [0.05, 0.1) is 21.3 Å². The van der Waals surface area contributed by atoms with E-state index >= 15 is 0 Å². The van der Waals surface area contributed by atoms with Gasteiger partial charge in [0.2, 0.25) is 5.16 Å².